The Morgan fingerprint density at radius 3 is 2.62 bits per heavy atom. The second-order valence-corrected chi connectivity index (χ2v) is 9.07. The fourth-order valence-corrected chi connectivity index (χ4v) is 4.41. The molecule has 0 radical (unpaired) electrons. The number of amides is 2. The topological polar surface area (TPSA) is 89.4 Å². The SMILES string of the molecule is CCC(NC(=O)c1cc2cnn(C(C)C)c2nc1C)c1ccccc1OCC(=O)N1CCCC1. The van der Waals surface area contributed by atoms with Crippen molar-refractivity contribution in [3.63, 3.8) is 0 Å². The van der Waals surface area contributed by atoms with Gasteiger partial charge in [0.25, 0.3) is 11.8 Å². The predicted molar refractivity (Wildman–Crippen MR) is 131 cm³/mol. The molecule has 1 unspecified atom stereocenters. The first kappa shape index (κ1) is 23.7. The van der Waals surface area contributed by atoms with Crippen LogP contribution in [0.4, 0.5) is 0 Å². The smallest absolute Gasteiger partial charge is 0.260 e. The highest BCUT2D eigenvalue weighted by Gasteiger charge is 2.22. The third-order valence-electron chi connectivity index (χ3n) is 6.31. The number of aryl methyl sites for hydroxylation is 1. The maximum Gasteiger partial charge on any atom is 0.260 e. The molecule has 0 aliphatic carbocycles. The fraction of sp³-hybridized carbons (Fsp3) is 0.462. The van der Waals surface area contributed by atoms with Crippen molar-refractivity contribution in [2.45, 2.75) is 59.0 Å². The third kappa shape index (κ3) is 4.90. The van der Waals surface area contributed by atoms with Gasteiger partial charge in [0.05, 0.1) is 23.5 Å². The van der Waals surface area contributed by atoms with Crippen LogP contribution in [-0.2, 0) is 4.79 Å². The minimum Gasteiger partial charge on any atom is -0.483 e. The summed E-state index contributed by atoms with van der Waals surface area (Å²) in [6, 6.07) is 9.34. The third-order valence-corrected chi connectivity index (χ3v) is 6.31. The number of nitrogens with one attached hydrogen (secondary N) is 1. The van der Waals surface area contributed by atoms with Crippen LogP contribution in [0.3, 0.4) is 0 Å². The highest BCUT2D eigenvalue weighted by Crippen LogP contribution is 2.28. The van der Waals surface area contributed by atoms with Crippen LogP contribution >= 0.6 is 0 Å². The number of rotatable bonds is 8. The van der Waals surface area contributed by atoms with E-state index in [2.05, 4.69) is 15.4 Å². The van der Waals surface area contributed by atoms with Crippen LogP contribution in [0, 0.1) is 6.92 Å². The van der Waals surface area contributed by atoms with Crippen molar-refractivity contribution >= 4 is 22.8 Å². The molecule has 2 amide bonds. The second-order valence-electron chi connectivity index (χ2n) is 9.07. The molecule has 3 aromatic rings. The van der Waals surface area contributed by atoms with Gasteiger partial charge >= 0.3 is 0 Å². The molecular weight excluding hydrogens is 430 g/mol. The highest BCUT2D eigenvalue weighted by molar-refractivity contribution is 5.98. The lowest BCUT2D eigenvalue weighted by Gasteiger charge is -2.22. The molecule has 1 fully saturated rings. The summed E-state index contributed by atoms with van der Waals surface area (Å²) in [4.78, 5) is 32.2. The molecule has 0 spiro atoms. The number of carbonyl (C=O) groups is 2. The molecule has 1 atom stereocenters. The number of pyridine rings is 1. The number of nitrogens with zero attached hydrogens (tertiary/aromatic N) is 4. The molecule has 3 heterocycles. The first-order valence-corrected chi connectivity index (χ1v) is 12.0. The van der Waals surface area contributed by atoms with Crippen molar-refractivity contribution in [2.24, 2.45) is 0 Å². The van der Waals surface area contributed by atoms with E-state index < -0.39 is 0 Å². The van der Waals surface area contributed by atoms with E-state index in [9.17, 15) is 9.59 Å². The minimum absolute atomic E-state index is 0.000923. The standard InChI is InChI=1S/C26H33N5O3/c1-5-22(20-10-6-7-11-23(20)34-16-24(32)30-12-8-9-13-30)29-26(33)21-14-19-15-27-31(17(2)3)25(19)28-18(21)4/h6-7,10-11,14-15,17,22H,5,8-9,12-13,16H2,1-4H3,(H,29,33). The summed E-state index contributed by atoms with van der Waals surface area (Å²) in [5.41, 5.74) is 2.81. The Kier molecular flexibility index (Phi) is 7.14. The first-order chi connectivity index (χ1) is 16.4. The van der Waals surface area contributed by atoms with E-state index in [0.29, 0.717) is 23.4 Å². The normalized spacial score (nSPS) is 14.6. The Morgan fingerprint density at radius 2 is 1.91 bits per heavy atom. The number of benzene rings is 1. The molecule has 2 aromatic heterocycles. The molecule has 8 heteroatoms. The van der Waals surface area contributed by atoms with Crippen molar-refractivity contribution in [2.75, 3.05) is 19.7 Å². The zero-order chi connectivity index (χ0) is 24.2. The lowest BCUT2D eigenvalue weighted by molar-refractivity contribution is -0.132. The van der Waals surface area contributed by atoms with Gasteiger partial charge in [0.1, 0.15) is 5.75 Å². The van der Waals surface area contributed by atoms with Crippen molar-refractivity contribution in [1.29, 1.82) is 0 Å². The maximum atomic E-state index is 13.3. The Balaban J connectivity index is 1.51. The van der Waals surface area contributed by atoms with Gasteiger partial charge in [-0.25, -0.2) is 9.67 Å². The van der Waals surface area contributed by atoms with Crippen LogP contribution in [0.5, 0.6) is 5.75 Å². The molecule has 1 saturated heterocycles. The number of carbonyl (C=O) groups excluding carboxylic acids is 2. The van der Waals surface area contributed by atoms with Gasteiger partial charge in [-0.15, -0.1) is 0 Å². The summed E-state index contributed by atoms with van der Waals surface area (Å²) >= 11 is 0. The van der Waals surface area contributed by atoms with Crippen molar-refractivity contribution in [3.8, 4) is 5.75 Å². The van der Waals surface area contributed by atoms with Crippen LogP contribution in [0.1, 0.15) is 73.7 Å². The van der Waals surface area contributed by atoms with Crippen molar-refractivity contribution < 1.29 is 14.3 Å². The quantitative estimate of drug-likeness (QED) is 0.541. The molecular formula is C26H33N5O3. The zero-order valence-corrected chi connectivity index (χ0v) is 20.4. The van der Waals surface area contributed by atoms with E-state index in [4.69, 9.17) is 4.74 Å². The summed E-state index contributed by atoms with van der Waals surface area (Å²) in [5.74, 6) is 0.422. The van der Waals surface area contributed by atoms with Gasteiger partial charge in [-0.2, -0.15) is 5.10 Å². The summed E-state index contributed by atoms with van der Waals surface area (Å²) in [5, 5.41) is 8.38. The molecule has 1 aromatic carbocycles. The van der Waals surface area contributed by atoms with Gasteiger partial charge in [-0.3, -0.25) is 9.59 Å². The van der Waals surface area contributed by atoms with Gasteiger partial charge < -0.3 is 15.0 Å². The van der Waals surface area contributed by atoms with Crippen LogP contribution < -0.4 is 10.1 Å². The Morgan fingerprint density at radius 1 is 1.18 bits per heavy atom. The molecule has 34 heavy (non-hydrogen) atoms. The molecule has 8 nitrogen and oxygen atoms in total. The number of likely N-dealkylation sites (tertiary alicyclic amines) is 1. The number of aromatic nitrogens is 3. The Bertz CT molecular complexity index is 1180. The molecule has 1 aliphatic heterocycles. The van der Waals surface area contributed by atoms with Gasteiger partial charge in [0, 0.05) is 30.1 Å². The average molecular weight is 464 g/mol. The Labute approximate surface area is 200 Å². The van der Waals surface area contributed by atoms with Crippen LogP contribution in [0.25, 0.3) is 11.0 Å². The maximum absolute atomic E-state index is 13.3. The minimum atomic E-state index is -0.265. The largest absolute Gasteiger partial charge is 0.483 e. The van der Waals surface area contributed by atoms with Crippen LogP contribution in [0.15, 0.2) is 36.5 Å². The second kappa shape index (κ2) is 10.2. The monoisotopic (exact) mass is 463 g/mol. The van der Waals surface area contributed by atoms with Gasteiger partial charge in [0.2, 0.25) is 0 Å². The van der Waals surface area contributed by atoms with E-state index in [1.165, 1.54) is 0 Å². The number of para-hydroxylation sites is 1. The molecule has 1 N–H and O–H groups in total. The van der Waals surface area contributed by atoms with Crippen LogP contribution in [0.2, 0.25) is 0 Å². The molecule has 180 valence electrons. The van der Waals surface area contributed by atoms with Gasteiger partial charge in [-0.05, 0) is 52.2 Å². The van der Waals surface area contributed by atoms with E-state index in [0.717, 1.165) is 42.5 Å². The lowest BCUT2D eigenvalue weighted by atomic mass is 10.0. The number of hydrogen-bond acceptors (Lipinski definition) is 5. The van der Waals surface area contributed by atoms with Gasteiger partial charge in [0.15, 0.2) is 12.3 Å². The zero-order valence-electron chi connectivity index (χ0n) is 20.4. The van der Waals surface area contributed by atoms with E-state index >= 15 is 0 Å². The lowest BCUT2D eigenvalue weighted by Crippen LogP contribution is -2.33. The summed E-state index contributed by atoms with van der Waals surface area (Å²) < 4.78 is 7.78. The number of ether oxygens (including phenoxy) is 1. The van der Waals surface area contributed by atoms with Crippen molar-refractivity contribution in [1.82, 2.24) is 25.0 Å². The molecule has 4 rings (SSSR count). The average Bonchev–Trinajstić information content (AvgIpc) is 3.50. The number of fused-ring (bicyclic) bond motifs is 1. The summed E-state index contributed by atoms with van der Waals surface area (Å²) in [7, 11) is 0. The Hall–Kier alpha value is -3.42. The molecule has 1 aliphatic rings. The summed E-state index contributed by atoms with van der Waals surface area (Å²) in [6.07, 6.45) is 4.51. The van der Waals surface area contributed by atoms with E-state index in [1.807, 2.05) is 67.6 Å². The highest BCUT2D eigenvalue weighted by atomic mass is 16.5. The fourth-order valence-electron chi connectivity index (χ4n) is 4.41. The van der Waals surface area contributed by atoms with Gasteiger partial charge in [-0.1, -0.05) is 25.1 Å². The van der Waals surface area contributed by atoms with E-state index in [-0.39, 0.29) is 30.5 Å². The van der Waals surface area contributed by atoms with E-state index in [1.54, 1.807) is 6.20 Å². The van der Waals surface area contributed by atoms with Crippen molar-refractivity contribution in [3.05, 3.63) is 53.3 Å². The first-order valence-electron chi connectivity index (χ1n) is 12.0. The number of hydrogen-bond donors (Lipinski definition) is 1. The summed E-state index contributed by atoms with van der Waals surface area (Å²) in [6.45, 7) is 9.55. The predicted octanol–water partition coefficient (Wildman–Crippen LogP) is 4.20. The molecule has 0 saturated carbocycles. The molecule has 0 bridgehead atoms. The van der Waals surface area contributed by atoms with Crippen LogP contribution in [-0.4, -0.2) is 51.2 Å².